The smallest absolute Gasteiger partial charge is 0.255 e. The first-order chi connectivity index (χ1) is 10.6. The molecule has 0 bridgehead atoms. The van der Waals surface area contributed by atoms with Gasteiger partial charge in [-0.05, 0) is 25.5 Å². The second-order valence-electron chi connectivity index (χ2n) is 5.57. The molecule has 4 N–H and O–H groups in total. The number of pyridine rings is 1. The first-order valence-corrected chi connectivity index (χ1v) is 7.38. The Balaban J connectivity index is 1.63. The molecule has 7 nitrogen and oxygen atoms in total. The number of carbonyl (C=O) groups excluding carboxylic acids is 1. The van der Waals surface area contributed by atoms with Crippen LogP contribution in [0.3, 0.4) is 0 Å². The number of carbonyl (C=O) groups is 1. The minimum absolute atomic E-state index is 0.151. The SMILES string of the molecule is Cc1[nH]ncc1C(=O)NCc1cccc(N2CCC(N)C2)n1. The third-order valence-corrected chi connectivity index (χ3v) is 3.85. The molecule has 0 aromatic carbocycles. The van der Waals surface area contributed by atoms with Crippen LogP contribution in [-0.2, 0) is 6.54 Å². The number of hydrogen-bond acceptors (Lipinski definition) is 5. The molecule has 1 amide bonds. The monoisotopic (exact) mass is 300 g/mol. The van der Waals surface area contributed by atoms with E-state index in [0.717, 1.165) is 36.7 Å². The van der Waals surface area contributed by atoms with Crippen LogP contribution >= 0.6 is 0 Å². The Kier molecular flexibility index (Phi) is 4.06. The first kappa shape index (κ1) is 14.5. The van der Waals surface area contributed by atoms with E-state index >= 15 is 0 Å². The van der Waals surface area contributed by atoms with E-state index < -0.39 is 0 Å². The van der Waals surface area contributed by atoms with Gasteiger partial charge in [-0.25, -0.2) is 4.98 Å². The summed E-state index contributed by atoms with van der Waals surface area (Å²) in [6, 6.07) is 6.05. The minimum atomic E-state index is -0.151. The van der Waals surface area contributed by atoms with Gasteiger partial charge in [-0.1, -0.05) is 6.07 Å². The van der Waals surface area contributed by atoms with Gasteiger partial charge in [0, 0.05) is 24.8 Å². The van der Waals surface area contributed by atoms with Gasteiger partial charge in [0.05, 0.1) is 24.0 Å². The van der Waals surface area contributed by atoms with Gasteiger partial charge in [0.15, 0.2) is 0 Å². The van der Waals surface area contributed by atoms with Crippen molar-refractivity contribution in [2.45, 2.75) is 25.9 Å². The molecule has 1 fully saturated rings. The van der Waals surface area contributed by atoms with Crippen molar-refractivity contribution in [2.24, 2.45) is 5.73 Å². The van der Waals surface area contributed by atoms with Crippen LogP contribution in [-0.4, -0.2) is 40.2 Å². The van der Waals surface area contributed by atoms with Crippen LogP contribution in [0, 0.1) is 6.92 Å². The number of aromatic nitrogens is 3. The van der Waals surface area contributed by atoms with Crippen molar-refractivity contribution >= 4 is 11.7 Å². The summed E-state index contributed by atoms with van der Waals surface area (Å²) in [5.41, 5.74) is 8.07. The number of nitrogens with one attached hydrogen (secondary N) is 2. The Morgan fingerprint density at radius 3 is 3.09 bits per heavy atom. The maximum Gasteiger partial charge on any atom is 0.255 e. The molecule has 116 valence electrons. The maximum atomic E-state index is 12.1. The topological polar surface area (TPSA) is 99.9 Å². The number of anilines is 1. The van der Waals surface area contributed by atoms with E-state index in [0.29, 0.717) is 12.1 Å². The summed E-state index contributed by atoms with van der Waals surface area (Å²) in [6.45, 7) is 3.96. The van der Waals surface area contributed by atoms with E-state index in [1.807, 2.05) is 25.1 Å². The Bertz CT molecular complexity index is 668. The highest BCUT2D eigenvalue weighted by atomic mass is 16.1. The number of nitrogens with zero attached hydrogens (tertiary/aromatic N) is 3. The van der Waals surface area contributed by atoms with Crippen molar-refractivity contribution in [1.82, 2.24) is 20.5 Å². The zero-order valence-corrected chi connectivity index (χ0v) is 12.5. The lowest BCUT2D eigenvalue weighted by Gasteiger charge is -2.17. The fourth-order valence-corrected chi connectivity index (χ4v) is 2.58. The molecule has 2 aromatic rings. The molecule has 1 atom stereocenters. The zero-order valence-electron chi connectivity index (χ0n) is 12.5. The molecule has 0 aliphatic carbocycles. The summed E-state index contributed by atoms with van der Waals surface area (Å²) < 4.78 is 0. The predicted molar refractivity (Wildman–Crippen MR) is 83.5 cm³/mol. The zero-order chi connectivity index (χ0) is 15.5. The van der Waals surface area contributed by atoms with Crippen molar-refractivity contribution in [2.75, 3.05) is 18.0 Å². The van der Waals surface area contributed by atoms with Gasteiger partial charge in [-0.15, -0.1) is 0 Å². The largest absolute Gasteiger partial charge is 0.355 e. The molecule has 0 radical (unpaired) electrons. The molecule has 1 aliphatic rings. The highest BCUT2D eigenvalue weighted by Crippen LogP contribution is 2.17. The van der Waals surface area contributed by atoms with Crippen molar-refractivity contribution < 1.29 is 4.79 Å². The number of amides is 1. The van der Waals surface area contributed by atoms with E-state index in [-0.39, 0.29) is 11.9 Å². The number of hydrogen-bond donors (Lipinski definition) is 3. The number of H-pyrrole nitrogens is 1. The van der Waals surface area contributed by atoms with Crippen LogP contribution in [0.25, 0.3) is 0 Å². The van der Waals surface area contributed by atoms with Gasteiger partial charge in [0.2, 0.25) is 0 Å². The molecule has 0 spiro atoms. The second kappa shape index (κ2) is 6.15. The van der Waals surface area contributed by atoms with Gasteiger partial charge >= 0.3 is 0 Å². The summed E-state index contributed by atoms with van der Waals surface area (Å²) in [5.74, 6) is 0.765. The number of rotatable bonds is 4. The van der Waals surface area contributed by atoms with Crippen LogP contribution in [0.4, 0.5) is 5.82 Å². The highest BCUT2D eigenvalue weighted by Gasteiger charge is 2.20. The van der Waals surface area contributed by atoms with Crippen LogP contribution in [0.1, 0.15) is 28.2 Å². The van der Waals surface area contributed by atoms with Crippen LogP contribution in [0.2, 0.25) is 0 Å². The summed E-state index contributed by atoms with van der Waals surface area (Å²) in [7, 11) is 0. The number of nitrogens with two attached hydrogens (primary N) is 1. The summed E-state index contributed by atoms with van der Waals surface area (Å²) in [5, 5.41) is 9.47. The van der Waals surface area contributed by atoms with E-state index in [1.165, 1.54) is 6.20 Å². The van der Waals surface area contributed by atoms with E-state index in [4.69, 9.17) is 5.73 Å². The van der Waals surface area contributed by atoms with Gasteiger partial charge in [0.25, 0.3) is 5.91 Å². The number of aryl methyl sites for hydroxylation is 1. The van der Waals surface area contributed by atoms with Crippen molar-refractivity contribution in [1.29, 1.82) is 0 Å². The maximum absolute atomic E-state index is 12.1. The summed E-state index contributed by atoms with van der Waals surface area (Å²) in [4.78, 5) is 18.8. The fraction of sp³-hybridized carbons (Fsp3) is 0.400. The summed E-state index contributed by atoms with van der Waals surface area (Å²) >= 11 is 0. The Morgan fingerprint density at radius 1 is 1.55 bits per heavy atom. The van der Waals surface area contributed by atoms with Gasteiger partial charge < -0.3 is 16.0 Å². The minimum Gasteiger partial charge on any atom is -0.355 e. The van der Waals surface area contributed by atoms with E-state index in [9.17, 15) is 4.79 Å². The predicted octanol–water partition coefficient (Wildman–Crippen LogP) is 0.581. The highest BCUT2D eigenvalue weighted by molar-refractivity contribution is 5.94. The van der Waals surface area contributed by atoms with Crippen LogP contribution < -0.4 is 16.0 Å². The molecule has 1 unspecified atom stereocenters. The molecule has 1 aliphatic heterocycles. The van der Waals surface area contributed by atoms with E-state index in [2.05, 4.69) is 25.4 Å². The molecule has 3 heterocycles. The van der Waals surface area contributed by atoms with Gasteiger partial charge in [-0.2, -0.15) is 5.10 Å². The Hall–Kier alpha value is -2.41. The van der Waals surface area contributed by atoms with Crippen LogP contribution in [0.5, 0.6) is 0 Å². The normalized spacial score (nSPS) is 17.7. The van der Waals surface area contributed by atoms with Gasteiger partial charge in [-0.3, -0.25) is 9.89 Å². The lowest BCUT2D eigenvalue weighted by Crippen LogP contribution is -2.27. The van der Waals surface area contributed by atoms with E-state index in [1.54, 1.807) is 0 Å². The lowest BCUT2D eigenvalue weighted by molar-refractivity contribution is 0.0950. The quantitative estimate of drug-likeness (QED) is 0.767. The molecule has 2 aromatic heterocycles. The second-order valence-corrected chi connectivity index (χ2v) is 5.57. The molecule has 0 saturated carbocycles. The Morgan fingerprint density at radius 2 is 2.41 bits per heavy atom. The molecule has 7 heteroatoms. The molecule has 1 saturated heterocycles. The number of aromatic amines is 1. The third kappa shape index (κ3) is 3.09. The molecular weight excluding hydrogens is 280 g/mol. The molecule has 22 heavy (non-hydrogen) atoms. The molecule has 3 rings (SSSR count). The van der Waals surface area contributed by atoms with Crippen molar-refractivity contribution in [3.8, 4) is 0 Å². The van der Waals surface area contributed by atoms with Crippen LogP contribution in [0.15, 0.2) is 24.4 Å². The summed E-state index contributed by atoms with van der Waals surface area (Å²) in [6.07, 6.45) is 2.52. The lowest BCUT2D eigenvalue weighted by atomic mass is 10.2. The van der Waals surface area contributed by atoms with Crippen molar-refractivity contribution in [3.05, 3.63) is 41.3 Å². The standard InChI is InChI=1S/C15H20N6O/c1-10-13(8-18-20-10)15(22)17-7-12-3-2-4-14(19-12)21-6-5-11(16)9-21/h2-4,8,11H,5-7,9,16H2,1H3,(H,17,22)(H,18,20). The van der Waals surface area contributed by atoms with Gasteiger partial charge in [0.1, 0.15) is 5.82 Å². The average Bonchev–Trinajstić information content (AvgIpc) is 3.14. The Labute approximate surface area is 128 Å². The first-order valence-electron chi connectivity index (χ1n) is 7.38. The fourth-order valence-electron chi connectivity index (χ4n) is 2.58. The third-order valence-electron chi connectivity index (χ3n) is 3.85. The average molecular weight is 300 g/mol. The molecular formula is C15H20N6O. The van der Waals surface area contributed by atoms with Crippen molar-refractivity contribution in [3.63, 3.8) is 0 Å².